The van der Waals surface area contributed by atoms with E-state index < -0.39 is 4.92 Å². The molecule has 128 valence electrons. The summed E-state index contributed by atoms with van der Waals surface area (Å²) in [4.78, 5) is 16.5. The van der Waals surface area contributed by atoms with Crippen molar-refractivity contribution in [2.45, 2.75) is 38.6 Å². The molecule has 0 radical (unpaired) electrons. The van der Waals surface area contributed by atoms with Crippen LogP contribution in [0.5, 0.6) is 0 Å². The number of pyridine rings is 1. The lowest BCUT2D eigenvalue weighted by Crippen LogP contribution is -2.34. The van der Waals surface area contributed by atoms with Crippen LogP contribution in [0.4, 0.5) is 11.5 Å². The van der Waals surface area contributed by atoms with E-state index in [0.717, 1.165) is 31.8 Å². The molecule has 0 unspecified atom stereocenters. The summed E-state index contributed by atoms with van der Waals surface area (Å²) in [6, 6.07) is 1.68. The van der Waals surface area contributed by atoms with Gasteiger partial charge < -0.3 is 9.47 Å². The predicted octanol–water partition coefficient (Wildman–Crippen LogP) is 3.20. The number of aromatic nitrogens is 4. The highest BCUT2D eigenvalue weighted by Crippen LogP contribution is 2.33. The quantitative estimate of drug-likeness (QED) is 0.621. The number of rotatable bonds is 4. The molecule has 0 spiro atoms. The Morgan fingerprint density at radius 1 is 1.38 bits per heavy atom. The van der Waals surface area contributed by atoms with Gasteiger partial charge in [0.25, 0.3) is 5.69 Å². The summed E-state index contributed by atoms with van der Waals surface area (Å²) >= 11 is 6.17. The highest BCUT2D eigenvalue weighted by Gasteiger charge is 2.27. The normalized spacial score (nSPS) is 15.9. The molecule has 0 amide bonds. The fourth-order valence-electron chi connectivity index (χ4n) is 3.04. The lowest BCUT2D eigenvalue weighted by molar-refractivity contribution is -0.385. The van der Waals surface area contributed by atoms with Gasteiger partial charge in [-0.15, -0.1) is 10.2 Å². The second kappa shape index (κ2) is 6.72. The van der Waals surface area contributed by atoms with Crippen molar-refractivity contribution in [3.8, 4) is 0 Å². The predicted molar refractivity (Wildman–Crippen MR) is 90.5 cm³/mol. The molecule has 1 fully saturated rings. The lowest BCUT2D eigenvalue weighted by atomic mass is 9.95. The number of nitrogens with zero attached hydrogens (tertiary/aromatic N) is 6. The minimum absolute atomic E-state index is 0.0938. The summed E-state index contributed by atoms with van der Waals surface area (Å²) in [5.41, 5.74) is -0.0938. The Bertz CT molecular complexity index is 739. The first-order valence-electron chi connectivity index (χ1n) is 7.91. The SMILES string of the molecule is CC(C)n1cnnc1C1CCN(c2ncc([N+](=O)[O-])cc2Cl)CC1. The van der Waals surface area contributed by atoms with Crippen molar-refractivity contribution in [1.29, 1.82) is 0 Å². The molecule has 9 heteroatoms. The first-order valence-corrected chi connectivity index (χ1v) is 8.29. The number of hydrogen-bond acceptors (Lipinski definition) is 6. The van der Waals surface area contributed by atoms with Crippen LogP contribution in [0.25, 0.3) is 0 Å². The summed E-state index contributed by atoms with van der Waals surface area (Å²) in [6.07, 6.45) is 4.87. The zero-order valence-electron chi connectivity index (χ0n) is 13.6. The fraction of sp³-hybridized carbons (Fsp3) is 0.533. The van der Waals surface area contributed by atoms with Gasteiger partial charge in [0.1, 0.15) is 24.2 Å². The van der Waals surface area contributed by atoms with Gasteiger partial charge in [-0.1, -0.05) is 11.6 Å². The van der Waals surface area contributed by atoms with Gasteiger partial charge in [0.05, 0.1) is 9.95 Å². The number of anilines is 1. The van der Waals surface area contributed by atoms with Crippen LogP contribution < -0.4 is 4.90 Å². The highest BCUT2D eigenvalue weighted by molar-refractivity contribution is 6.33. The monoisotopic (exact) mass is 350 g/mol. The number of halogens is 1. The summed E-state index contributed by atoms with van der Waals surface area (Å²) in [7, 11) is 0. The van der Waals surface area contributed by atoms with Crippen LogP contribution in [-0.4, -0.2) is 37.8 Å². The van der Waals surface area contributed by atoms with Gasteiger partial charge in [-0.2, -0.15) is 0 Å². The number of piperidine rings is 1. The molecule has 2 aromatic rings. The van der Waals surface area contributed by atoms with Crippen molar-refractivity contribution in [2.24, 2.45) is 0 Å². The molecule has 1 aliphatic rings. The number of hydrogen-bond donors (Lipinski definition) is 0. The third-order valence-electron chi connectivity index (χ3n) is 4.33. The summed E-state index contributed by atoms with van der Waals surface area (Å²) in [5, 5.41) is 19.4. The standard InChI is InChI=1S/C15H19ClN6O2/c1-10(2)21-9-18-19-14(21)11-3-5-20(6-4-11)15-13(16)7-12(8-17-15)22(23)24/h7-11H,3-6H2,1-2H3. The molecule has 0 saturated carbocycles. The van der Waals surface area contributed by atoms with E-state index in [0.29, 0.717) is 22.8 Å². The average molecular weight is 351 g/mol. The maximum absolute atomic E-state index is 10.8. The molecule has 1 saturated heterocycles. The molecule has 0 N–H and O–H groups in total. The van der Waals surface area contributed by atoms with Gasteiger partial charge in [-0.25, -0.2) is 4.98 Å². The zero-order chi connectivity index (χ0) is 17.3. The Balaban J connectivity index is 1.71. The maximum atomic E-state index is 10.8. The van der Waals surface area contributed by atoms with Crippen molar-refractivity contribution >= 4 is 23.1 Å². The number of nitro groups is 1. The first kappa shape index (κ1) is 16.6. The lowest BCUT2D eigenvalue weighted by Gasteiger charge is -2.33. The molecule has 0 bridgehead atoms. The average Bonchev–Trinajstić information content (AvgIpc) is 3.05. The molecule has 3 rings (SSSR count). The molecule has 8 nitrogen and oxygen atoms in total. The van der Waals surface area contributed by atoms with E-state index in [2.05, 4.69) is 38.5 Å². The second-order valence-electron chi connectivity index (χ2n) is 6.21. The Kier molecular flexibility index (Phi) is 4.66. The van der Waals surface area contributed by atoms with Crippen LogP contribution in [0.2, 0.25) is 5.02 Å². The molecule has 0 atom stereocenters. The van der Waals surface area contributed by atoms with Crippen molar-refractivity contribution in [1.82, 2.24) is 19.7 Å². The van der Waals surface area contributed by atoms with Crippen molar-refractivity contribution in [3.63, 3.8) is 0 Å². The highest BCUT2D eigenvalue weighted by atomic mass is 35.5. The van der Waals surface area contributed by atoms with Gasteiger partial charge in [0.15, 0.2) is 0 Å². The van der Waals surface area contributed by atoms with Crippen molar-refractivity contribution in [2.75, 3.05) is 18.0 Å². The van der Waals surface area contributed by atoms with Gasteiger partial charge in [0.2, 0.25) is 0 Å². The zero-order valence-corrected chi connectivity index (χ0v) is 14.3. The Morgan fingerprint density at radius 2 is 2.08 bits per heavy atom. The van der Waals surface area contributed by atoms with E-state index in [-0.39, 0.29) is 5.69 Å². The molecular formula is C15H19ClN6O2. The fourth-order valence-corrected chi connectivity index (χ4v) is 3.32. The largest absolute Gasteiger partial charge is 0.355 e. The molecular weight excluding hydrogens is 332 g/mol. The van der Waals surface area contributed by atoms with Crippen LogP contribution in [0.3, 0.4) is 0 Å². The van der Waals surface area contributed by atoms with Gasteiger partial charge in [-0.3, -0.25) is 10.1 Å². The third kappa shape index (κ3) is 3.19. The molecule has 1 aliphatic heterocycles. The minimum Gasteiger partial charge on any atom is -0.355 e. The van der Waals surface area contributed by atoms with E-state index in [1.165, 1.54) is 12.3 Å². The van der Waals surface area contributed by atoms with Crippen LogP contribution in [-0.2, 0) is 0 Å². The van der Waals surface area contributed by atoms with E-state index in [4.69, 9.17) is 11.6 Å². The minimum atomic E-state index is -0.492. The van der Waals surface area contributed by atoms with E-state index in [1.54, 1.807) is 6.33 Å². The topological polar surface area (TPSA) is 90.0 Å². The Labute approximate surface area is 144 Å². The smallest absolute Gasteiger partial charge is 0.289 e. The second-order valence-corrected chi connectivity index (χ2v) is 6.61. The Morgan fingerprint density at radius 3 is 2.67 bits per heavy atom. The first-order chi connectivity index (χ1) is 11.5. The summed E-state index contributed by atoms with van der Waals surface area (Å²) in [6.45, 7) is 5.78. The van der Waals surface area contributed by atoms with E-state index in [9.17, 15) is 10.1 Å². The van der Waals surface area contributed by atoms with Crippen LogP contribution in [0.15, 0.2) is 18.6 Å². The van der Waals surface area contributed by atoms with Gasteiger partial charge in [-0.05, 0) is 26.7 Å². The molecule has 3 heterocycles. The molecule has 2 aromatic heterocycles. The molecule has 24 heavy (non-hydrogen) atoms. The van der Waals surface area contributed by atoms with Gasteiger partial charge >= 0.3 is 0 Å². The van der Waals surface area contributed by atoms with E-state index >= 15 is 0 Å². The molecule has 0 aliphatic carbocycles. The maximum Gasteiger partial charge on any atom is 0.289 e. The summed E-state index contributed by atoms with van der Waals surface area (Å²) in [5.74, 6) is 1.97. The van der Waals surface area contributed by atoms with E-state index in [1.807, 2.05) is 0 Å². The van der Waals surface area contributed by atoms with Crippen LogP contribution in [0, 0.1) is 10.1 Å². The van der Waals surface area contributed by atoms with Crippen LogP contribution in [0.1, 0.15) is 44.5 Å². The summed E-state index contributed by atoms with van der Waals surface area (Å²) < 4.78 is 2.11. The molecule has 0 aromatic carbocycles. The van der Waals surface area contributed by atoms with Crippen molar-refractivity contribution in [3.05, 3.63) is 39.6 Å². The van der Waals surface area contributed by atoms with Gasteiger partial charge in [0, 0.05) is 31.1 Å². The van der Waals surface area contributed by atoms with Crippen molar-refractivity contribution < 1.29 is 4.92 Å². The van der Waals surface area contributed by atoms with Crippen LogP contribution >= 0.6 is 11.6 Å². The Hall–Kier alpha value is -2.22. The third-order valence-corrected chi connectivity index (χ3v) is 4.61.